The van der Waals surface area contributed by atoms with Crippen LogP contribution in [0.5, 0.6) is 11.5 Å². The van der Waals surface area contributed by atoms with Gasteiger partial charge in [-0.05, 0) is 68.0 Å². The van der Waals surface area contributed by atoms with E-state index in [1.54, 1.807) is 6.07 Å². The Morgan fingerprint density at radius 3 is 1.89 bits per heavy atom. The maximum Gasteiger partial charge on any atom is 0.573 e. The van der Waals surface area contributed by atoms with Gasteiger partial charge in [0.15, 0.2) is 26.2 Å². The molecule has 0 bridgehead atoms. The lowest BCUT2D eigenvalue weighted by molar-refractivity contribution is -0.275. The zero-order valence-electron chi connectivity index (χ0n) is 20.1. The average Bonchev–Trinajstić information content (AvgIpc) is 3.31. The zero-order chi connectivity index (χ0) is 25.8. The summed E-state index contributed by atoms with van der Waals surface area (Å²) in [5, 5.41) is 0. The molecule has 1 fully saturated rings. The van der Waals surface area contributed by atoms with Gasteiger partial charge in [0.25, 0.3) is 0 Å². The van der Waals surface area contributed by atoms with Crippen LogP contribution < -0.4 is 9.47 Å². The molecule has 1 aliphatic carbocycles. The minimum atomic E-state index is -4.95. The fourth-order valence-corrected chi connectivity index (χ4v) is 6.58. The number of hydrogen-bond donors (Lipinski definition) is 0. The number of halogens is 3. The van der Waals surface area contributed by atoms with Crippen LogP contribution in [0.4, 0.5) is 18.0 Å². The highest BCUT2D eigenvalue weighted by Crippen LogP contribution is 2.42. The Morgan fingerprint density at radius 1 is 0.833 bits per heavy atom. The molecule has 190 valence electrons. The molecule has 0 spiro atoms. The van der Waals surface area contributed by atoms with Gasteiger partial charge in [0, 0.05) is 6.07 Å². The van der Waals surface area contributed by atoms with E-state index < -0.39 is 34.8 Å². The SMILES string of the molecule is CC(C)C1(OC(=O)Oc2cc([S+](c3ccccc3)c3ccccc3)ccc2OC(F)(F)F)CCCC1. The highest BCUT2D eigenvalue weighted by molar-refractivity contribution is 7.97. The van der Waals surface area contributed by atoms with Gasteiger partial charge < -0.3 is 14.2 Å². The van der Waals surface area contributed by atoms with Crippen molar-refractivity contribution in [2.75, 3.05) is 0 Å². The largest absolute Gasteiger partial charge is 0.573 e. The number of carbonyl (C=O) groups excluding carboxylic acids is 1. The smallest absolute Gasteiger partial charge is 0.427 e. The van der Waals surface area contributed by atoms with Gasteiger partial charge in [-0.25, -0.2) is 4.79 Å². The lowest BCUT2D eigenvalue weighted by atomic mass is 9.88. The van der Waals surface area contributed by atoms with Crippen molar-refractivity contribution >= 4 is 17.1 Å². The van der Waals surface area contributed by atoms with E-state index in [4.69, 9.17) is 9.47 Å². The molecule has 0 saturated heterocycles. The van der Waals surface area contributed by atoms with Gasteiger partial charge in [-0.15, -0.1) is 13.2 Å². The van der Waals surface area contributed by atoms with Crippen molar-refractivity contribution in [3.63, 3.8) is 0 Å². The molecule has 0 atom stereocenters. The predicted octanol–water partition coefficient (Wildman–Crippen LogP) is 8.16. The van der Waals surface area contributed by atoms with E-state index in [1.807, 2.05) is 74.5 Å². The Bertz CT molecular complexity index is 1120. The second kappa shape index (κ2) is 10.9. The molecule has 1 saturated carbocycles. The van der Waals surface area contributed by atoms with Gasteiger partial charge >= 0.3 is 12.5 Å². The van der Waals surface area contributed by atoms with Gasteiger partial charge in [-0.2, -0.15) is 0 Å². The van der Waals surface area contributed by atoms with Gasteiger partial charge in [0.2, 0.25) is 0 Å². The van der Waals surface area contributed by atoms with Gasteiger partial charge in [0.05, 0.1) is 10.9 Å². The summed E-state index contributed by atoms with van der Waals surface area (Å²) in [5.74, 6) is -0.888. The van der Waals surface area contributed by atoms with E-state index in [1.165, 1.54) is 12.1 Å². The molecule has 3 aromatic rings. The van der Waals surface area contributed by atoms with E-state index >= 15 is 0 Å². The van der Waals surface area contributed by atoms with Crippen LogP contribution in [-0.2, 0) is 15.6 Å². The first-order valence-electron chi connectivity index (χ1n) is 11.8. The summed E-state index contributed by atoms with van der Waals surface area (Å²) in [5.41, 5.74) is -0.682. The van der Waals surface area contributed by atoms with Crippen molar-refractivity contribution < 1.29 is 32.2 Å². The topological polar surface area (TPSA) is 44.8 Å². The Kier molecular flexibility index (Phi) is 7.83. The summed E-state index contributed by atoms with van der Waals surface area (Å²) in [6, 6.07) is 23.4. The van der Waals surface area contributed by atoms with E-state index in [0.29, 0.717) is 17.7 Å². The Morgan fingerprint density at radius 2 is 1.39 bits per heavy atom. The van der Waals surface area contributed by atoms with Crippen molar-refractivity contribution in [2.24, 2.45) is 5.92 Å². The fraction of sp³-hybridized carbons (Fsp3) is 0.321. The summed E-state index contributed by atoms with van der Waals surface area (Å²) in [6.07, 6.45) is -2.77. The third kappa shape index (κ3) is 6.16. The minimum absolute atomic E-state index is 0.0480. The van der Waals surface area contributed by atoms with Crippen LogP contribution >= 0.6 is 0 Å². The molecule has 4 rings (SSSR count). The molecule has 8 heteroatoms. The monoisotopic (exact) mass is 517 g/mol. The maximum absolute atomic E-state index is 13.2. The second-order valence-electron chi connectivity index (χ2n) is 8.97. The number of alkyl halides is 3. The molecule has 36 heavy (non-hydrogen) atoms. The molecule has 0 aliphatic heterocycles. The number of hydrogen-bond acceptors (Lipinski definition) is 4. The first-order valence-corrected chi connectivity index (χ1v) is 13.0. The molecule has 1 aliphatic rings. The number of ether oxygens (including phenoxy) is 3. The predicted molar refractivity (Wildman–Crippen MR) is 131 cm³/mol. The van der Waals surface area contributed by atoms with Crippen LogP contribution in [0, 0.1) is 5.92 Å². The third-order valence-electron chi connectivity index (χ3n) is 6.32. The van der Waals surface area contributed by atoms with Crippen LogP contribution in [0.1, 0.15) is 39.5 Å². The first-order chi connectivity index (χ1) is 17.2. The lowest BCUT2D eigenvalue weighted by Gasteiger charge is -2.32. The van der Waals surface area contributed by atoms with E-state index in [2.05, 4.69) is 4.74 Å². The van der Waals surface area contributed by atoms with E-state index in [-0.39, 0.29) is 11.7 Å². The highest BCUT2D eigenvalue weighted by atomic mass is 32.2. The van der Waals surface area contributed by atoms with Crippen LogP contribution in [0.3, 0.4) is 0 Å². The van der Waals surface area contributed by atoms with Crippen molar-refractivity contribution in [1.29, 1.82) is 0 Å². The number of rotatable bonds is 7. The molecular weight excluding hydrogens is 489 g/mol. The molecular formula is C28H28F3O4S+. The van der Waals surface area contributed by atoms with Crippen molar-refractivity contribution in [3.05, 3.63) is 78.9 Å². The van der Waals surface area contributed by atoms with Gasteiger partial charge in [0.1, 0.15) is 5.60 Å². The summed E-state index contributed by atoms with van der Waals surface area (Å²) >= 11 is 0. The molecule has 4 nitrogen and oxygen atoms in total. The van der Waals surface area contributed by atoms with Crippen molar-refractivity contribution in [1.82, 2.24) is 0 Å². The molecule has 0 heterocycles. The fourth-order valence-electron chi connectivity index (χ4n) is 4.47. The van der Waals surface area contributed by atoms with Crippen LogP contribution in [0.15, 0.2) is 93.5 Å². The van der Waals surface area contributed by atoms with Gasteiger partial charge in [-0.3, -0.25) is 0 Å². The summed E-state index contributed by atoms with van der Waals surface area (Å²) < 4.78 is 54.8. The Balaban J connectivity index is 1.71. The van der Waals surface area contributed by atoms with Crippen LogP contribution in [0.2, 0.25) is 0 Å². The van der Waals surface area contributed by atoms with E-state index in [0.717, 1.165) is 22.6 Å². The lowest BCUT2D eigenvalue weighted by Crippen LogP contribution is -2.38. The van der Waals surface area contributed by atoms with Crippen LogP contribution in [0.25, 0.3) is 0 Å². The van der Waals surface area contributed by atoms with E-state index in [9.17, 15) is 18.0 Å². The first kappa shape index (κ1) is 25.9. The van der Waals surface area contributed by atoms with Crippen LogP contribution in [-0.4, -0.2) is 18.1 Å². The quantitative estimate of drug-likeness (QED) is 0.180. The Labute approximate surface area is 211 Å². The molecule has 0 aromatic heterocycles. The molecule has 3 aromatic carbocycles. The van der Waals surface area contributed by atoms with Crippen molar-refractivity contribution in [2.45, 2.75) is 66.2 Å². The zero-order valence-corrected chi connectivity index (χ0v) is 20.9. The maximum atomic E-state index is 13.2. The number of benzene rings is 3. The second-order valence-corrected chi connectivity index (χ2v) is 11.0. The Hall–Kier alpha value is -3.13. The molecule has 0 amide bonds. The normalized spacial score (nSPS) is 15.2. The summed E-state index contributed by atoms with van der Waals surface area (Å²) in [4.78, 5) is 15.4. The summed E-state index contributed by atoms with van der Waals surface area (Å²) in [6.45, 7) is 3.92. The minimum Gasteiger partial charge on any atom is -0.427 e. The molecule has 0 radical (unpaired) electrons. The van der Waals surface area contributed by atoms with Gasteiger partial charge in [-0.1, -0.05) is 50.2 Å². The summed E-state index contributed by atoms with van der Waals surface area (Å²) in [7, 11) is -0.660. The molecule has 0 N–H and O–H groups in total. The number of carbonyl (C=O) groups is 1. The van der Waals surface area contributed by atoms with Crippen molar-refractivity contribution in [3.8, 4) is 11.5 Å². The average molecular weight is 518 g/mol. The standard InChI is InChI=1S/C28H28F3O4S/c1-20(2)27(17-9-10-18-27)35-26(32)33-25-19-23(15-16-24(25)34-28(29,30)31)36(21-11-5-3-6-12-21)22-13-7-4-8-14-22/h3-8,11-16,19-20H,9-10,17-18H2,1-2H3/q+1. The molecule has 0 unspecified atom stereocenters. The highest BCUT2D eigenvalue weighted by Gasteiger charge is 2.42. The third-order valence-corrected chi connectivity index (χ3v) is 8.53.